The predicted octanol–water partition coefficient (Wildman–Crippen LogP) is -3.34. The number of rotatable bonds is 16. The molecule has 0 bridgehead atoms. The Labute approximate surface area is 224 Å². The van der Waals surface area contributed by atoms with Gasteiger partial charge in [-0.1, -0.05) is 12.1 Å². The van der Waals surface area contributed by atoms with Crippen LogP contribution in [0.1, 0.15) is 24.8 Å². The number of hydrogen-bond donors (Lipinski definition) is 10. The van der Waals surface area contributed by atoms with Gasteiger partial charge in [-0.25, -0.2) is 4.79 Å². The molecular formula is C22H34N8O7S. The number of phenolic OH excluding ortho intramolecular Hbond substituents is 1. The van der Waals surface area contributed by atoms with Crippen molar-refractivity contribution in [3.05, 3.63) is 29.8 Å². The number of carbonyl (C=O) groups excluding carboxylic acids is 4. The predicted molar refractivity (Wildman–Crippen MR) is 141 cm³/mol. The number of aliphatic carboxylic acids is 1. The topological polar surface area (TPSA) is 278 Å². The number of aliphatic imine (C=N–C) groups is 1. The summed E-state index contributed by atoms with van der Waals surface area (Å²) in [6.45, 7) is 0.158. The summed E-state index contributed by atoms with van der Waals surface area (Å²) in [6.07, 6.45) is -0.445. The van der Waals surface area contributed by atoms with Gasteiger partial charge >= 0.3 is 5.97 Å². The van der Waals surface area contributed by atoms with Gasteiger partial charge in [0.05, 0.1) is 12.5 Å². The number of carbonyl (C=O) groups is 5. The highest BCUT2D eigenvalue weighted by Crippen LogP contribution is 2.12. The molecule has 0 radical (unpaired) electrons. The standard InChI is InChI=1S/C22H34N8O7S/c23-13(10-38)18(33)28-14(2-1-7-27-22(25)26)19(34)29-15(8-11-3-5-12(31)6-4-11)20(35)30-16(21(36)37)9-17(24)32/h3-6,13-16,31,38H,1-2,7-10,23H2,(H2,24,32)(H,28,33)(H,29,34)(H,30,35)(H,36,37)(H4,25,26,27). The van der Waals surface area contributed by atoms with Crippen LogP contribution in [0.4, 0.5) is 0 Å². The number of carboxylic acid groups (broad SMARTS) is 1. The van der Waals surface area contributed by atoms with E-state index >= 15 is 0 Å². The minimum Gasteiger partial charge on any atom is -0.508 e. The van der Waals surface area contributed by atoms with Gasteiger partial charge in [-0.05, 0) is 30.5 Å². The summed E-state index contributed by atoms with van der Waals surface area (Å²) >= 11 is 3.97. The van der Waals surface area contributed by atoms with Crippen molar-refractivity contribution in [2.45, 2.75) is 49.9 Å². The fraction of sp³-hybridized carbons (Fsp3) is 0.455. The van der Waals surface area contributed by atoms with Crippen molar-refractivity contribution >= 4 is 48.2 Å². The molecule has 4 atom stereocenters. The fourth-order valence-electron chi connectivity index (χ4n) is 3.16. The molecule has 1 aromatic carbocycles. The SMILES string of the molecule is NC(=O)CC(NC(=O)C(Cc1ccc(O)cc1)NC(=O)C(CCCN=C(N)N)NC(=O)C(N)CS)C(=O)O. The first kappa shape index (κ1) is 32.0. The van der Waals surface area contributed by atoms with Gasteiger partial charge in [-0.3, -0.25) is 24.2 Å². The molecule has 15 nitrogen and oxygen atoms in total. The van der Waals surface area contributed by atoms with Crippen molar-refractivity contribution in [2.75, 3.05) is 12.3 Å². The number of nitrogens with zero attached hydrogens (tertiary/aromatic N) is 1. The van der Waals surface area contributed by atoms with Crippen LogP contribution < -0.4 is 38.9 Å². The number of nitrogens with two attached hydrogens (primary N) is 4. The Balaban J connectivity index is 3.18. The van der Waals surface area contributed by atoms with Crippen molar-refractivity contribution in [3.8, 4) is 5.75 Å². The summed E-state index contributed by atoms with van der Waals surface area (Å²) in [4.78, 5) is 65.1. The number of benzene rings is 1. The third kappa shape index (κ3) is 11.8. The van der Waals surface area contributed by atoms with E-state index in [9.17, 15) is 34.2 Å². The molecule has 0 aliphatic heterocycles. The van der Waals surface area contributed by atoms with Crippen molar-refractivity contribution in [1.82, 2.24) is 16.0 Å². The average Bonchev–Trinajstić information content (AvgIpc) is 2.84. The maximum Gasteiger partial charge on any atom is 0.326 e. The van der Waals surface area contributed by atoms with Crippen LogP contribution >= 0.6 is 12.6 Å². The summed E-state index contributed by atoms with van der Waals surface area (Å²) in [7, 11) is 0. The molecule has 0 fully saturated rings. The van der Waals surface area contributed by atoms with Gasteiger partial charge in [0.15, 0.2) is 5.96 Å². The zero-order chi connectivity index (χ0) is 28.8. The van der Waals surface area contributed by atoms with Crippen molar-refractivity contribution in [3.63, 3.8) is 0 Å². The number of guanidine groups is 1. The number of carboxylic acids is 1. The first-order chi connectivity index (χ1) is 17.8. The average molecular weight is 555 g/mol. The van der Waals surface area contributed by atoms with Gasteiger partial charge in [0, 0.05) is 18.7 Å². The van der Waals surface area contributed by atoms with E-state index in [0.717, 1.165) is 0 Å². The number of aromatic hydroxyl groups is 1. The Morgan fingerprint density at radius 1 is 0.895 bits per heavy atom. The van der Waals surface area contributed by atoms with Crippen molar-refractivity contribution in [2.24, 2.45) is 27.9 Å². The van der Waals surface area contributed by atoms with E-state index in [1.54, 1.807) is 0 Å². The largest absolute Gasteiger partial charge is 0.508 e. The Hall–Kier alpha value is -4.05. The summed E-state index contributed by atoms with van der Waals surface area (Å²) < 4.78 is 0. The zero-order valence-electron chi connectivity index (χ0n) is 20.5. The monoisotopic (exact) mass is 554 g/mol. The van der Waals surface area contributed by atoms with Crippen LogP contribution in [-0.2, 0) is 30.4 Å². The second-order valence-electron chi connectivity index (χ2n) is 8.30. The van der Waals surface area contributed by atoms with E-state index in [2.05, 4.69) is 33.6 Å². The molecule has 4 amide bonds. The maximum absolute atomic E-state index is 13.2. The van der Waals surface area contributed by atoms with Crippen LogP contribution in [0.2, 0.25) is 0 Å². The van der Waals surface area contributed by atoms with Gasteiger partial charge in [0.1, 0.15) is 23.9 Å². The van der Waals surface area contributed by atoms with E-state index in [0.29, 0.717) is 5.56 Å². The summed E-state index contributed by atoms with van der Waals surface area (Å²) in [6, 6.07) is 0.599. The first-order valence-electron chi connectivity index (χ1n) is 11.5. The lowest BCUT2D eigenvalue weighted by Gasteiger charge is -2.25. The normalized spacial score (nSPS) is 13.7. The lowest BCUT2D eigenvalue weighted by atomic mass is 10.0. The summed E-state index contributed by atoms with van der Waals surface area (Å²) in [5.41, 5.74) is 21.9. The van der Waals surface area contributed by atoms with E-state index in [1.165, 1.54) is 24.3 Å². The first-order valence-corrected chi connectivity index (χ1v) is 12.1. The summed E-state index contributed by atoms with van der Waals surface area (Å²) in [5, 5.41) is 26.1. The van der Waals surface area contributed by atoms with Crippen molar-refractivity contribution in [1.29, 1.82) is 0 Å². The lowest BCUT2D eigenvalue weighted by Crippen LogP contribution is -2.58. The molecule has 1 aromatic rings. The highest BCUT2D eigenvalue weighted by atomic mass is 32.1. The molecule has 4 unspecified atom stereocenters. The van der Waals surface area contributed by atoms with E-state index in [-0.39, 0.29) is 43.3 Å². The lowest BCUT2D eigenvalue weighted by molar-refractivity contribution is -0.143. The Kier molecular flexibility index (Phi) is 13.4. The molecule has 0 heterocycles. The third-order valence-corrected chi connectivity index (χ3v) is 5.53. The van der Waals surface area contributed by atoms with Gasteiger partial charge in [-0.15, -0.1) is 0 Å². The number of amides is 4. The van der Waals surface area contributed by atoms with Gasteiger partial charge < -0.3 is 49.1 Å². The molecule has 38 heavy (non-hydrogen) atoms. The van der Waals surface area contributed by atoms with Crippen LogP contribution in [0, 0.1) is 0 Å². The quantitative estimate of drug-likeness (QED) is 0.0419. The highest BCUT2D eigenvalue weighted by molar-refractivity contribution is 7.80. The molecular weight excluding hydrogens is 520 g/mol. The Bertz CT molecular complexity index is 1020. The van der Waals surface area contributed by atoms with Crippen LogP contribution in [0.25, 0.3) is 0 Å². The number of hydrogen-bond acceptors (Lipinski definition) is 9. The second-order valence-corrected chi connectivity index (χ2v) is 8.67. The van der Waals surface area contributed by atoms with Crippen LogP contribution in [0.15, 0.2) is 29.3 Å². The van der Waals surface area contributed by atoms with E-state index in [4.69, 9.17) is 22.9 Å². The molecule has 0 saturated carbocycles. The van der Waals surface area contributed by atoms with E-state index < -0.39 is 60.2 Å². The molecule has 0 aromatic heterocycles. The molecule has 210 valence electrons. The molecule has 0 saturated heterocycles. The summed E-state index contributed by atoms with van der Waals surface area (Å²) in [5.74, 6) is -4.98. The van der Waals surface area contributed by atoms with Gasteiger partial charge in [-0.2, -0.15) is 12.6 Å². The highest BCUT2D eigenvalue weighted by Gasteiger charge is 2.31. The number of thiol groups is 1. The second kappa shape index (κ2) is 15.9. The van der Waals surface area contributed by atoms with Crippen LogP contribution in [0.5, 0.6) is 5.75 Å². The maximum atomic E-state index is 13.2. The molecule has 13 N–H and O–H groups in total. The van der Waals surface area contributed by atoms with Crippen LogP contribution in [-0.4, -0.2) is 82.2 Å². The number of nitrogens with one attached hydrogen (secondary N) is 3. The zero-order valence-corrected chi connectivity index (χ0v) is 21.4. The molecule has 1 rings (SSSR count). The molecule has 0 aliphatic rings. The Morgan fingerprint density at radius 3 is 1.97 bits per heavy atom. The van der Waals surface area contributed by atoms with Crippen LogP contribution in [0.3, 0.4) is 0 Å². The van der Waals surface area contributed by atoms with E-state index in [1.807, 2.05) is 0 Å². The fourth-order valence-corrected chi connectivity index (χ4v) is 3.32. The molecule has 0 spiro atoms. The molecule has 0 aliphatic carbocycles. The van der Waals surface area contributed by atoms with Crippen molar-refractivity contribution < 1.29 is 34.2 Å². The molecule has 16 heteroatoms. The number of primary amides is 1. The smallest absolute Gasteiger partial charge is 0.326 e. The number of phenols is 1. The van der Waals surface area contributed by atoms with Gasteiger partial charge in [0.25, 0.3) is 0 Å². The van der Waals surface area contributed by atoms with Gasteiger partial charge in [0.2, 0.25) is 23.6 Å². The Morgan fingerprint density at radius 2 is 1.45 bits per heavy atom. The minimum atomic E-state index is -1.64. The third-order valence-electron chi connectivity index (χ3n) is 5.14. The minimum absolute atomic E-state index is 0.0104.